The third-order valence-corrected chi connectivity index (χ3v) is 0.781. The van der Waals surface area contributed by atoms with Crippen LogP contribution in [0.2, 0.25) is 0 Å². The van der Waals surface area contributed by atoms with Crippen LogP contribution in [0.4, 0.5) is 4.39 Å². The van der Waals surface area contributed by atoms with Gasteiger partial charge in [0, 0.05) is 0 Å². The minimum atomic E-state index is -0.289. The zero-order valence-electron chi connectivity index (χ0n) is 7.87. The molecule has 0 nitrogen and oxygen atoms in total. The highest BCUT2D eigenvalue weighted by Gasteiger charge is 1.91. The third kappa shape index (κ3) is 9.15. The molecule has 0 aliphatic heterocycles. The largest absolute Gasteiger partial charge is 0.207 e. The molecular formula is C10H17F. The quantitative estimate of drug-likeness (QED) is 0.530. The summed E-state index contributed by atoms with van der Waals surface area (Å²) in [4.78, 5) is 0. The molecule has 11 heavy (non-hydrogen) atoms. The summed E-state index contributed by atoms with van der Waals surface area (Å²) in [6.45, 7) is 14.3. The summed E-state index contributed by atoms with van der Waals surface area (Å²) in [5.41, 5.74) is 1.15. The molecule has 0 saturated heterocycles. The van der Waals surface area contributed by atoms with Crippen molar-refractivity contribution in [3.63, 3.8) is 0 Å². The molecule has 0 aliphatic carbocycles. The summed E-state index contributed by atoms with van der Waals surface area (Å²) < 4.78 is 12.5. The second kappa shape index (κ2) is 7.26. The van der Waals surface area contributed by atoms with Crippen LogP contribution in [-0.4, -0.2) is 0 Å². The van der Waals surface area contributed by atoms with E-state index in [1.807, 2.05) is 13.8 Å². The van der Waals surface area contributed by atoms with Crippen LogP contribution >= 0.6 is 0 Å². The zero-order valence-corrected chi connectivity index (χ0v) is 7.87. The van der Waals surface area contributed by atoms with Gasteiger partial charge in [0.2, 0.25) is 0 Å². The van der Waals surface area contributed by atoms with Crippen molar-refractivity contribution in [2.75, 3.05) is 0 Å². The minimum absolute atomic E-state index is 0.289. The molecule has 0 rings (SSSR count). The average Bonchev–Trinajstić information content (AvgIpc) is 1.90. The fourth-order valence-electron chi connectivity index (χ4n) is 0.340. The first-order valence-corrected chi connectivity index (χ1v) is 3.72. The predicted molar refractivity (Wildman–Crippen MR) is 50.2 cm³/mol. The Morgan fingerprint density at radius 1 is 1.18 bits per heavy atom. The minimum Gasteiger partial charge on any atom is -0.207 e. The van der Waals surface area contributed by atoms with Gasteiger partial charge >= 0.3 is 0 Å². The predicted octanol–water partition coefficient (Wildman–Crippen LogP) is 4.02. The maximum absolute atomic E-state index is 12.5. The highest BCUT2D eigenvalue weighted by molar-refractivity contribution is 5.26. The van der Waals surface area contributed by atoms with Crippen LogP contribution in [0, 0.1) is 0 Å². The molecule has 0 bridgehead atoms. The van der Waals surface area contributed by atoms with Crippen molar-refractivity contribution in [3.8, 4) is 0 Å². The first-order valence-electron chi connectivity index (χ1n) is 3.72. The average molecular weight is 156 g/mol. The summed E-state index contributed by atoms with van der Waals surface area (Å²) in [5, 5.41) is 0. The third-order valence-electron chi connectivity index (χ3n) is 0.781. The molecule has 64 valence electrons. The normalized spacial score (nSPS) is 9.73. The van der Waals surface area contributed by atoms with E-state index < -0.39 is 0 Å². The lowest BCUT2D eigenvalue weighted by atomic mass is 10.2. The summed E-state index contributed by atoms with van der Waals surface area (Å²) in [6.07, 6.45) is 1.36. The number of hydrogen-bond acceptors (Lipinski definition) is 0. The van der Waals surface area contributed by atoms with Gasteiger partial charge in [0.05, 0.1) is 0 Å². The fraction of sp³-hybridized carbons (Fsp3) is 0.400. The van der Waals surface area contributed by atoms with Crippen LogP contribution in [0.15, 0.2) is 36.2 Å². The zero-order chi connectivity index (χ0) is 9.44. The Kier molecular flexibility index (Phi) is 8.44. The number of rotatable bonds is 2. The Morgan fingerprint density at radius 2 is 1.55 bits per heavy atom. The molecule has 0 N–H and O–H groups in total. The molecule has 0 aliphatic rings. The van der Waals surface area contributed by atoms with E-state index in [4.69, 9.17) is 0 Å². The number of allylic oxidation sites excluding steroid dienone is 4. The Labute approximate surface area is 69.1 Å². The highest BCUT2D eigenvalue weighted by atomic mass is 19.1. The lowest BCUT2D eigenvalue weighted by Crippen LogP contribution is -1.73. The Bertz CT molecular complexity index is 164. The lowest BCUT2D eigenvalue weighted by molar-refractivity contribution is 0.651. The van der Waals surface area contributed by atoms with Crippen molar-refractivity contribution in [2.45, 2.75) is 27.7 Å². The highest BCUT2D eigenvalue weighted by Crippen LogP contribution is 2.09. The van der Waals surface area contributed by atoms with Gasteiger partial charge < -0.3 is 0 Å². The van der Waals surface area contributed by atoms with E-state index in [2.05, 4.69) is 13.2 Å². The monoisotopic (exact) mass is 156 g/mol. The van der Waals surface area contributed by atoms with Gasteiger partial charge in [-0.15, -0.1) is 0 Å². The first-order chi connectivity index (χ1) is 5.04. The molecule has 0 amide bonds. The Hall–Kier alpha value is -0.850. The van der Waals surface area contributed by atoms with Crippen molar-refractivity contribution in [3.05, 3.63) is 36.2 Å². The molecule has 0 spiro atoms. The van der Waals surface area contributed by atoms with Crippen molar-refractivity contribution >= 4 is 0 Å². The second-order valence-electron chi connectivity index (χ2n) is 2.12. The Morgan fingerprint density at radius 3 is 1.64 bits per heavy atom. The molecule has 0 saturated carbocycles. The van der Waals surface area contributed by atoms with E-state index in [-0.39, 0.29) is 5.83 Å². The molecule has 0 aromatic heterocycles. The molecule has 0 unspecified atom stereocenters. The number of hydrogen-bond donors (Lipinski definition) is 0. The van der Waals surface area contributed by atoms with Crippen LogP contribution in [0.3, 0.4) is 0 Å². The van der Waals surface area contributed by atoms with Gasteiger partial charge in [-0.3, -0.25) is 0 Å². The molecule has 0 radical (unpaired) electrons. The van der Waals surface area contributed by atoms with Gasteiger partial charge in [0.1, 0.15) is 5.83 Å². The van der Waals surface area contributed by atoms with Gasteiger partial charge in [-0.05, 0) is 25.5 Å². The van der Waals surface area contributed by atoms with Crippen molar-refractivity contribution in [1.29, 1.82) is 0 Å². The molecule has 0 atom stereocenters. The second-order valence-corrected chi connectivity index (χ2v) is 2.12. The van der Waals surface area contributed by atoms with Crippen molar-refractivity contribution in [2.24, 2.45) is 0 Å². The molecule has 1 heteroatoms. The van der Waals surface area contributed by atoms with Gasteiger partial charge in [0.25, 0.3) is 0 Å². The van der Waals surface area contributed by atoms with Gasteiger partial charge in [0.15, 0.2) is 0 Å². The van der Waals surface area contributed by atoms with E-state index in [0.717, 1.165) is 0 Å². The van der Waals surface area contributed by atoms with Gasteiger partial charge in [-0.25, -0.2) is 4.39 Å². The van der Waals surface area contributed by atoms with Crippen molar-refractivity contribution < 1.29 is 4.39 Å². The molecular weight excluding hydrogens is 139 g/mol. The van der Waals surface area contributed by atoms with E-state index in [1.165, 1.54) is 6.08 Å². The number of halogens is 1. The van der Waals surface area contributed by atoms with Crippen molar-refractivity contribution in [1.82, 2.24) is 0 Å². The van der Waals surface area contributed by atoms with Crippen LogP contribution < -0.4 is 0 Å². The SMILES string of the molecule is C=C(C)/C=C(/F)C(=C)C.CC. The topological polar surface area (TPSA) is 0 Å². The smallest absolute Gasteiger partial charge is 0.125 e. The van der Waals surface area contributed by atoms with E-state index in [0.29, 0.717) is 11.1 Å². The summed E-state index contributed by atoms with van der Waals surface area (Å²) in [5.74, 6) is -0.289. The van der Waals surface area contributed by atoms with Crippen LogP contribution in [0.5, 0.6) is 0 Å². The van der Waals surface area contributed by atoms with E-state index in [9.17, 15) is 4.39 Å². The standard InChI is InChI=1S/C8H11F.C2H6/c1-6(2)5-8(9)7(3)4;1-2/h5H,1,3H2,2,4H3;1-2H3/b8-5+;. The maximum atomic E-state index is 12.5. The fourth-order valence-corrected chi connectivity index (χ4v) is 0.340. The van der Waals surface area contributed by atoms with E-state index in [1.54, 1.807) is 13.8 Å². The summed E-state index contributed by atoms with van der Waals surface area (Å²) in [7, 11) is 0. The molecule has 0 aromatic rings. The molecule has 0 fully saturated rings. The maximum Gasteiger partial charge on any atom is 0.125 e. The van der Waals surface area contributed by atoms with Crippen LogP contribution in [-0.2, 0) is 0 Å². The summed E-state index contributed by atoms with van der Waals surface area (Å²) >= 11 is 0. The molecule has 0 aromatic carbocycles. The van der Waals surface area contributed by atoms with E-state index >= 15 is 0 Å². The molecule has 0 heterocycles. The van der Waals surface area contributed by atoms with Gasteiger partial charge in [-0.1, -0.05) is 32.6 Å². The Balaban J connectivity index is 0. The van der Waals surface area contributed by atoms with Crippen LogP contribution in [0.25, 0.3) is 0 Å². The lowest BCUT2D eigenvalue weighted by Gasteiger charge is -1.91. The first kappa shape index (κ1) is 12.8. The van der Waals surface area contributed by atoms with Crippen LogP contribution in [0.1, 0.15) is 27.7 Å². The summed E-state index contributed by atoms with van der Waals surface area (Å²) in [6, 6.07) is 0. The van der Waals surface area contributed by atoms with Gasteiger partial charge in [-0.2, -0.15) is 0 Å².